The minimum Gasteiger partial charge on any atom is -0.495 e. The molecule has 36 heavy (non-hydrogen) atoms. The molecular formula is C26H29BrN7OP. The van der Waals surface area contributed by atoms with Crippen molar-refractivity contribution in [1.82, 2.24) is 24.8 Å². The highest BCUT2D eigenvalue weighted by atomic mass is 79.9. The molecule has 0 radical (unpaired) electrons. The molecule has 10 heteroatoms. The molecule has 1 aliphatic heterocycles. The summed E-state index contributed by atoms with van der Waals surface area (Å²) < 4.78 is 6.48. The van der Waals surface area contributed by atoms with Gasteiger partial charge in [0.2, 0.25) is 5.95 Å². The van der Waals surface area contributed by atoms with Crippen LogP contribution in [0.3, 0.4) is 0 Å². The topological polar surface area (TPSA) is 88.1 Å². The molecule has 8 nitrogen and oxygen atoms in total. The van der Waals surface area contributed by atoms with Crippen molar-refractivity contribution in [1.29, 1.82) is 0 Å². The second-order valence-corrected chi connectivity index (χ2v) is 12.0. The van der Waals surface area contributed by atoms with Gasteiger partial charge in [-0.2, -0.15) is 4.98 Å². The van der Waals surface area contributed by atoms with Crippen molar-refractivity contribution in [3.05, 3.63) is 58.5 Å². The van der Waals surface area contributed by atoms with Crippen molar-refractivity contribution >= 4 is 63.3 Å². The third-order valence-electron chi connectivity index (χ3n) is 6.36. The largest absolute Gasteiger partial charge is 0.495 e. The number of hydrogen-bond donors (Lipinski definition) is 2. The predicted octanol–water partition coefficient (Wildman–Crippen LogP) is 5.42. The van der Waals surface area contributed by atoms with Crippen LogP contribution in [0.25, 0.3) is 11.0 Å². The van der Waals surface area contributed by atoms with Gasteiger partial charge in [-0.3, -0.25) is 14.9 Å². The fraction of sp³-hybridized carbons (Fsp3) is 0.308. The fourth-order valence-electron chi connectivity index (χ4n) is 4.52. The van der Waals surface area contributed by atoms with Crippen LogP contribution in [0.1, 0.15) is 18.1 Å². The van der Waals surface area contributed by atoms with E-state index in [9.17, 15) is 0 Å². The van der Waals surface area contributed by atoms with E-state index >= 15 is 0 Å². The van der Waals surface area contributed by atoms with Crippen LogP contribution >= 0.6 is 23.9 Å². The predicted molar refractivity (Wildman–Crippen MR) is 152 cm³/mol. The van der Waals surface area contributed by atoms with Gasteiger partial charge in [0.05, 0.1) is 28.3 Å². The van der Waals surface area contributed by atoms with Crippen molar-refractivity contribution < 1.29 is 4.74 Å². The lowest BCUT2D eigenvalue weighted by molar-refractivity contribution is 0.267. The summed E-state index contributed by atoms with van der Waals surface area (Å²) >= 11 is 3.61. The number of anilines is 4. The number of rotatable bonds is 7. The molecule has 0 aliphatic carbocycles. The van der Waals surface area contributed by atoms with Crippen molar-refractivity contribution in [2.45, 2.75) is 19.9 Å². The normalized spacial score (nSPS) is 13.6. The van der Waals surface area contributed by atoms with Crippen LogP contribution in [0.15, 0.2) is 47.3 Å². The number of likely N-dealkylation sites (N-methyl/N-ethyl adjacent to an activating group) is 1. The number of halogens is 1. The highest BCUT2D eigenvalue weighted by molar-refractivity contribution is 9.10. The lowest BCUT2D eigenvalue weighted by Gasteiger charge is -2.28. The van der Waals surface area contributed by atoms with Crippen LogP contribution in [0.2, 0.25) is 0 Å². The molecule has 0 amide bonds. The third-order valence-corrected chi connectivity index (χ3v) is 8.29. The second-order valence-electron chi connectivity index (χ2n) is 8.86. The van der Waals surface area contributed by atoms with Crippen molar-refractivity contribution in [2.24, 2.45) is 0 Å². The van der Waals surface area contributed by atoms with Crippen LogP contribution in [-0.2, 0) is 13.0 Å². The maximum Gasteiger partial charge on any atom is 0.229 e. The van der Waals surface area contributed by atoms with Gasteiger partial charge in [0.1, 0.15) is 11.6 Å². The first-order chi connectivity index (χ1) is 17.5. The molecule has 0 saturated heterocycles. The fourth-order valence-corrected chi connectivity index (χ4v) is 6.02. The van der Waals surface area contributed by atoms with Gasteiger partial charge in [0.15, 0.2) is 0 Å². The first kappa shape index (κ1) is 24.8. The first-order valence-corrected chi connectivity index (χ1v) is 14.9. The average molecular weight is 566 g/mol. The molecule has 2 N–H and O–H groups in total. The Morgan fingerprint density at radius 1 is 1.06 bits per heavy atom. The molecule has 0 unspecified atom stereocenters. The van der Waals surface area contributed by atoms with E-state index in [-0.39, 0.29) is 0 Å². The molecule has 2 aromatic carbocycles. The van der Waals surface area contributed by atoms with Gasteiger partial charge in [-0.15, -0.1) is 0 Å². The number of methoxy groups -OCH3 is 1. The van der Waals surface area contributed by atoms with Gasteiger partial charge >= 0.3 is 0 Å². The Kier molecular flexibility index (Phi) is 7.32. The highest BCUT2D eigenvalue weighted by Crippen LogP contribution is 2.36. The van der Waals surface area contributed by atoms with Gasteiger partial charge in [0, 0.05) is 42.7 Å². The molecule has 4 aromatic rings. The Labute approximate surface area is 220 Å². The maximum atomic E-state index is 5.71. The lowest BCUT2D eigenvalue weighted by atomic mass is 9.98. The summed E-state index contributed by atoms with van der Waals surface area (Å²) in [6, 6.07) is 8.33. The number of ether oxygens (including phenoxy) is 1. The van der Waals surface area contributed by atoms with Crippen molar-refractivity contribution in [3.8, 4) is 5.75 Å². The summed E-state index contributed by atoms with van der Waals surface area (Å²) in [5.74, 6) is 1.94. The van der Waals surface area contributed by atoms with Gasteiger partial charge in [0.25, 0.3) is 0 Å². The summed E-state index contributed by atoms with van der Waals surface area (Å²) in [7, 11) is 1.25. The van der Waals surface area contributed by atoms with E-state index in [1.54, 1.807) is 25.7 Å². The minimum absolute atomic E-state index is 0.445. The molecule has 0 saturated carbocycles. The third kappa shape index (κ3) is 5.01. The molecule has 1 aliphatic rings. The van der Waals surface area contributed by atoms with Gasteiger partial charge in [-0.05, 0) is 77.6 Å². The van der Waals surface area contributed by atoms with Gasteiger partial charge in [-0.1, -0.05) is 14.8 Å². The standard InChI is InChI=1S/C26H29BrN7OP/c1-5-34-11-8-16-12-21(22(35-2)13-17(16)15-34)32-26-30-14-18(27)25(33-26)31-20-7-6-19-23(24(20)36(3)4)29-10-9-28-19/h6-7,9-10,12-14H,5,8,11,15H2,1-4H3,(H2,30,31,32,33). The van der Waals surface area contributed by atoms with E-state index in [0.717, 1.165) is 64.0 Å². The quantitative estimate of drug-likeness (QED) is 0.287. The molecular weight excluding hydrogens is 537 g/mol. The smallest absolute Gasteiger partial charge is 0.229 e. The summed E-state index contributed by atoms with van der Waals surface area (Å²) in [4.78, 5) is 20.8. The monoisotopic (exact) mass is 565 g/mol. The van der Waals surface area contributed by atoms with Gasteiger partial charge < -0.3 is 15.4 Å². The average Bonchev–Trinajstić information content (AvgIpc) is 2.89. The summed E-state index contributed by atoms with van der Waals surface area (Å²) in [6.07, 6.45) is 6.23. The zero-order valence-corrected chi connectivity index (χ0v) is 23.3. The molecule has 5 rings (SSSR count). The van der Waals surface area contributed by atoms with Crippen molar-refractivity contribution in [2.75, 3.05) is 44.2 Å². The van der Waals surface area contributed by atoms with E-state index in [1.165, 1.54) is 11.1 Å². The van der Waals surface area contributed by atoms with E-state index in [1.807, 2.05) is 12.1 Å². The Hall–Kier alpha value is -2.87. The SMILES string of the molecule is CCN1CCc2cc(Nc3ncc(Br)c(Nc4ccc5nccnc5c4P(C)C)n3)c(OC)cc2C1. The lowest BCUT2D eigenvalue weighted by Crippen LogP contribution is -2.30. The van der Waals surface area contributed by atoms with Crippen molar-refractivity contribution in [3.63, 3.8) is 0 Å². The Balaban J connectivity index is 1.46. The Bertz CT molecular complexity index is 1410. The number of aromatic nitrogens is 4. The van der Waals surface area contributed by atoms with E-state index in [2.05, 4.69) is 78.8 Å². The van der Waals surface area contributed by atoms with E-state index < -0.39 is 7.92 Å². The Morgan fingerprint density at radius 3 is 2.67 bits per heavy atom. The molecule has 0 spiro atoms. The number of nitrogens with one attached hydrogen (secondary N) is 2. The van der Waals surface area contributed by atoms with Crippen LogP contribution < -0.4 is 20.7 Å². The van der Waals surface area contributed by atoms with Crippen LogP contribution in [-0.4, -0.2) is 58.4 Å². The second kappa shape index (κ2) is 10.6. The summed E-state index contributed by atoms with van der Waals surface area (Å²) in [6.45, 7) is 9.69. The highest BCUT2D eigenvalue weighted by Gasteiger charge is 2.19. The number of nitrogens with zero attached hydrogens (tertiary/aromatic N) is 5. The molecule has 3 heterocycles. The van der Waals surface area contributed by atoms with E-state index in [0.29, 0.717) is 11.8 Å². The Morgan fingerprint density at radius 2 is 1.89 bits per heavy atom. The number of benzene rings is 2. The molecule has 0 atom stereocenters. The summed E-state index contributed by atoms with van der Waals surface area (Å²) in [5.41, 5.74) is 6.28. The minimum atomic E-state index is -0.445. The zero-order valence-electron chi connectivity index (χ0n) is 20.8. The summed E-state index contributed by atoms with van der Waals surface area (Å²) in [5, 5.41) is 8.04. The number of hydrogen-bond acceptors (Lipinski definition) is 8. The van der Waals surface area contributed by atoms with E-state index in [4.69, 9.17) is 9.72 Å². The maximum absolute atomic E-state index is 5.71. The molecule has 2 aromatic heterocycles. The van der Waals surface area contributed by atoms with Crippen LogP contribution in [0.4, 0.5) is 23.1 Å². The van der Waals surface area contributed by atoms with Gasteiger partial charge in [-0.25, -0.2) is 4.98 Å². The molecule has 0 bridgehead atoms. The number of fused-ring (bicyclic) bond motifs is 2. The van der Waals surface area contributed by atoms with Crippen LogP contribution in [0, 0.1) is 0 Å². The molecule has 0 fully saturated rings. The molecule has 186 valence electrons. The first-order valence-electron chi connectivity index (χ1n) is 11.9. The zero-order chi connectivity index (χ0) is 25.2. The van der Waals surface area contributed by atoms with Crippen LogP contribution in [0.5, 0.6) is 5.75 Å².